The Hall–Kier alpha value is -2.02. The summed E-state index contributed by atoms with van der Waals surface area (Å²) in [6.45, 7) is 12.5. The number of amides is 2. The van der Waals surface area contributed by atoms with Crippen molar-refractivity contribution in [3.63, 3.8) is 0 Å². The molecule has 1 aromatic rings. The van der Waals surface area contributed by atoms with Crippen molar-refractivity contribution in [2.75, 3.05) is 26.2 Å². The molecule has 206 valence electrons. The van der Waals surface area contributed by atoms with Gasteiger partial charge in [-0.2, -0.15) is 0 Å². The first-order chi connectivity index (χ1) is 17.4. The molecule has 2 aliphatic heterocycles. The van der Waals surface area contributed by atoms with Gasteiger partial charge in [-0.3, -0.25) is 14.5 Å². The molecule has 7 heteroatoms. The smallest absolute Gasteiger partial charge is 0.227 e. The lowest BCUT2D eigenvalue weighted by atomic mass is 9.63. The molecule has 5 nitrogen and oxygen atoms in total. The maximum atomic E-state index is 14.8. The number of halogens is 2. The number of hydrogen-bond acceptors (Lipinski definition) is 3. The second-order valence-corrected chi connectivity index (χ2v) is 12.9. The Morgan fingerprint density at radius 1 is 1.03 bits per heavy atom. The molecule has 1 aromatic carbocycles. The molecule has 3 fully saturated rings. The van der Waals surface area contributed by atoms with Gasteiger partial charge >= 0.3 is 0 Å². The Labute approximate surface area is 221 Å². The number of hydrogen-bond donors (Lipinski definition) is 1. The van der Waals surface area contributed by atoms with E-state index in [9.17, 15) is 18.4 Å². The highest BCUT2D eigenvalue weighted by atomic mass is 19.1. The summed E-state index contributed by atoms with van der Waals surface area (Å²) in [5.74, 6) is -1.36. The number of carbonyl (C=O) groups is 2. The van der Waals surface area contributed by atoms with E-state index in [0.717, 1.165) is 31.7 Å². The van der Waals surface area contributed by atoms with Crippen LogP contribution in [-0.2, 0) is 9.59 Å². The largest absolute Gasteiger partial charge is 0.351 e. The molecule has 2 heterocycles. The zero-order valence-corrected chi connectivity index (χ0v) is 23.3. The van der Waals surface area contributed by atoms with E-state index in [0.29, 0.717) is 50.5 Å². The molecule has 0 aromatic heterocycles. The Morgan fingerprint density at radius 2 is 1.68 bits per heavy atom. The van der Waals surface area contributed by atoms with Crippen molar-refractivity contribution in [2.45, 2.75) is 97.1 Å². The predicted molar refractivity (Wildman–Crippen MR) is 142 cm³/mol. The lowest BCUT2D eigenvalue weighted by Crippen LogP contribution is -2.57. The van der Waals surface area contributed by atoms with Gasteiger partial charge in [-0.15, -0.1) is 0 Å². The first-order valence-electron chi connectivity index (χ1n) is 14.2. The minimum atomic E-state index is -0.605. The van der Waals surface area contributed by atoms with Crippen LogP contribution in [0.3, 0.4) is 0 Å². The molecule has 0 radical (unpaired) electrons. The SMILES string of the molecule is CC(C)N1CC(C(=O)N2CCC(C(=O)NC(C)(C)C)(C3CCCCC3)CC2)[C@H](c2ccc(F)cc2F)C1. The van der Waals surface area contributed by atoms with Crippen molar-refractivity contribution in [1.29, 1.82) is 0 Å². The Balaban J connectivity index is 1.54. The van der Waals surface area contributed by atoms with Crippen molar-refractivity contribution in [3.8, 4) is 0 Å². The summed E-state index contributed by atoms with van der Waals surface area (Å²) in [5.41, 5.74) is -0.324. The lowest BCUT2D eigenvalue weighted by Gasteiger charge is -2.48. The number of piperidine rings is 1. The number of nitrogens with zero attached hydrogens (tertiary/aromatic N) is 2. The molecule has 2 saturated heterocycles. The normalized spacial score (nSPS) is 25.5. The monoisotopic (exact) mass is 517 g/mol. The van der Waals surface area contributed by atoms with Crippen LogP contribution in [0.5, 0.6) is 0 Å². The van der Waals surface area contributed by atoms with Crippen LogP contribution in [0, 0.1) is 28.9 Å². The molecular formula is C30H45F2N3O2. The van der Waals surface area contributed by atoms with Crippen molar-refractivity contribution in [3.05, 3.63) is 35.4 Å². The highest BCUT2D eigenvalue weighted by molar-refractivity contribution is 5.85. The van der Waals surface area contributed by atoms with E-state index in [1.54, 1.807) is 0 Å². The first-order valence-corrected chi connectivity index (χ1v) is 14.2. The maximum Gasteiger partial charge on any atom is 0.227 e. The van der Waals surface area contributed by atoms with Gasteiger partial charge in [-0.1, -0.05) is 25.3 Å². The van der Waals surface area contributed by atoms with Gasteiger partial charge in [0.25, 0.3) is 0 Å². The van der Waals surface area contributed by atoms with Crippen LogP contribution in [0.1, 0.15) is 91.0 Å². The van der Waals surface area contributed by atoms with E-state index in [2.05, 4.69) is 24.1 Å². The molecule has 0 spiro atoms. The molecule has 1 N–H and O–H groups in total. The Bertz CT molecular complexity index is 976. The fraction of sp³-hybridized carbons (Fsp3) is 0.733. The second-order valence-electron chi connectivity index (χ2n) is 12.9. The van der Waals surface area contributed by atoms with Crippen LogP contribution in [0.15, 0.2) is 18.2 Å². The van der Waals surface area contributed by atoms with Crippen LogP contribution in [0.4, 0.5) is 8.78 Å². The summed E-state index contributed by atoms with van der Waals surface area (Å²) in [4.78, 5) is 31.7. The van der Waals surface area contributed by atoms with Gasteiger partial charge in [0.1, 0.15) is 11.6 Å². The summed E-state index contributed by atoms with van der Waals surface area (Å²) < 4.78 is 28.4. The number of likely N-dealkylation sites (tertiary alicyclic amines) is 2. The first kappa shape index (κ1) is 28.0. The maximum absolute atomic E-state index is 14.8. The van der Waals surface area contributed by atoms with E-state index < -0.39 is 17.0 Å². The van der Waals surface area contributed by atoms with Gasteiger partial charge in [0, 0.05) is 49.7 Å². The highest BCUT2D eigenvalue weighted by Crippen LogP contribution is 2.47. The summed E-state index contributed by atoms with van der Waals surface area (Å²) >= 11 is 0. The highest BCUT2D eigenvalue weighted by Gasteiger charge is 2.50. The van der Waals surface area contributed by atoms with E-state index >= 15 is 0 Å². The minimum Gasteiger partial charge on any atom is -0.351 e. The molecule has 1 unspecified atom stereocenters. The van der Waals surface area contributed by atoms with Crippen LogP contribution < -0.4 is 5.32 Å². The van der Waals surface area contributed by atoms with E-state index in [1.165, 1.54) is 18.6 Å². The van der Waals surface area contributed by atoms with Crippen molar-refractivity contribution < 1.29 is 18.4 Å². The summed E-state index contributed by atoms with van der Waals surface area (Å²) in [6.07, 6.45) is 7.04. The third-order valence-corrected chi connectivity index (χ3v) is 9.05. The average Bonchev–Trinajstić information content (AvgIpc) is 3.28. The van der Waals surface area contributed by atoms with Crippen molar-refractivity contribution in [2.24, 2.45) is 17.3 Å². The summed E-state index contributed by atoms with van der Waals surface area (Å²) in [5, 5.41) is 3.26. The average molecular weight is 518 g/mol. The van der Waals surface area contributed by atoms with Crippen LogP contribution in [-0.4, -0.2) is 59.4 Å². The van der Waals surface area contributed by atoms with Crippen LogP contribution in [0.2, 0.25) is 0 Å². The number of benzene rings is 1. The number of carbonyl (C=O) groups excluding carboxylic acids is 2. The van der Waals surface area contributed by atoms with Crippen molar-refractivity contribution in [1.82, 2.24) is 15.1 Å². The van der Waals surface area contributed by atoms with Crippen LogP contribution >= 0.6 is 0 Å². The van der Waals surface area contributed by atoms with Gasteiger partial charge in [-0.25, -0.2) is 8.78 Å². The van der Waals surface area contributed by atoms with Gasteiger partial charge < -0.3 is 10.2 Å². The van der Waals surface area contributed by atoms with Crippen LogP contribution in [0.25, 0.3) is 0 Å². The fourth-order valence-corrected chi connectivity index (χ4v) is 6.93. The number of nitrogens with one attached hydrogen (secondary N) is 1. The fourth-order valence-electron chi connectivity index (χ4n) is 6.93. The van der Waals surface area contributed by atoms with Crippen molar-refractivity contribution >= 4 is 11.8 Å². The zero-order chi connectivity index (χ0) is 27.0. The van der Waals surface area contributed by atoms with Gasteiger partial charge in [0.05, 0.1) is 11.3 Å². The second kappa shape index (κ2) is 11.0. The molecule has 2 atom stereocenters. The van der Waals surface area contributed by atoms with E-state index in [1.807, 2.05) is 25.7 Å². The lowest BCUT2D eigenvalue weighted by molar-refractivity contribution is -0.148. The van der Waals surface area contributed by atoms with E-state index in [-0.39, 0.29) is 35.2 Å². The quantitative estimate of drug-likeness (QED) is 0.562. The summed E-state index contributed by atoms with van der Waals surface area (Å²) in [6, 6.07) is 3.93. The van der Waals surface area contributed by atoms with Gasteiger partial charge in [-0.05, 0) is 77.8 Å². The molecule has 1 saturated carbocycles. The number of rotatable bonds is 5. The predicted octanol–water partition coefficient (Wildman–Crippen LogP) is 5.49. The molecular weight excluding hydrogens is 472 g/mol. The molecule has 37 heavy (non-hydrogen) atoms. The molecule has 3 aliphatic rings. The third-order valence-electron chi connectivity index (χ3n) is 9.05. The Kier molecular flexibility index (Phi) is 8.32. The molecule has 4 rings (SSSR count). The molecule has 2 amide bonds. The van der Waals surface area contributed by atoms with Gasteiger partial charge in [0.2, 0.25) is 11.8 Å². The van der Waals surface area contributed by atoms with E-state index in [4.69, 9.17) is 0 Å². The standard InChI is InChI=1S/C30H45F2N3O2/c1-20(2)35-18-24(23-12-11-22(31)17-26(23)32)25(19-35)27(36)34-15-13-30(14-16-34,21-9-7-6-8-10-21)28(37)33-29(3,4)5/h11-12,17,20-21,24-25H,6-10,13-16,18-19H2,1-5H3,(H,33,37)/t24-,25?/m0/s1. The third kappa shape index (κ3) is 6.02. The zero-order valence-electron chi connectivity index (χ0n) is 23.3. The summed E-state index contributed by atoms with van der Waals surface area (Å²) in [7, 11) is 0. The van der Waals surface area contributed by atoms with Gasteiger partial charge in [0.15, 0.2) is 0 Å². The Morgan fingerprint density at radius 3 is 2.24 bits per heavy atom. The molecule has 0 bridgehead atoms. The minimum absolute atomic E-state index is 0.0327. The molecule has 1 aliphatic carbocycles. The topological polar surface area (TPSA) is 52.7 Å².